The minimum atomic E-state index is 0.662. The van der Waals surface area contributed by atoms with Crippen LogP contribution in [0.2, 0.25) is 0 Å². The number of aryl methyl sites for hydroxylation is 2. The zero-order valence-corrected chi connectivity index (χ0v) is 12.9. The Labute approximate surface area is 127 Å². The number of thiophene rings is 1. The van der Waals surface area contributed by atoms with Crippen LogP contribution in [0.1, 0.15) is 17.0 Å². The van der Waals surface area contributed by atoms with Crippen LogP contribution in [0, 0.1) is 13.8 Å². The molecule has 108 valence electrons. The Hall–Kier alpha value is -2.14. The van der Waals surface area contributed by atoms with Gasteiger partial charge in [-0.2, -0.15) is 16.3 Å². The van der Waals surface area contributed by atoms with E-state index in [1.807, 2.05) is 0 Å². The predicted molar refractivity (Wildman–Crippen MR) is 85.7 cm³/mol. The molecule has 0 aliphatic carbocycles. The second-order valence-corrected chi connectivity index (χ2v) is 5.77. The molecule has 2 aromatic heterocycles. The first-order valence-electron chi connectivity index (χ1n) is 6.88. The van der Waals surface area contributed by atoms with Gasteiger partial charge >= 0.3 is 0 Å². The maximum Gasteiger partial charge on any atom is 0.228 e. The second-order valence-electron chi connectivity index (χ2n) is 5.02. The Bertz CT molecular complexity index is 715. The molecule has 0 atom stereocenters. The van der Waals surface area contributed by atoms with Crippen LogP contribution in [0.3, 0.4) is 0 Å². The molecule has 0 fully saturated rings. The molecular weight excluding hydrogens is 282 g/mol. The number of rotatable bonds is 5. The van der Waals surface area contributed by atoms with Crippen LogP contribution in [0.5, 0.6) is 0 Å². The number of aromatic nitrogens is 2. The maximum absolute atomic E-state index is 5.30. The Kier molecular flexibility index (Phi) is 4.01. The number of hydrogen-bond donors (Lipinski definition) is 1. The molecule has 5 heteroatoms. The lowest BCUT2D eigenvalue weighted by molar-refractivity contribution is 0.381. The molecule has 21 heavy (non-hydrogen) atoms. The SMILES string of the molecule is Cc1ccc(NCCc2nc(-c3cscc3C)no2)cc1. The molecule has 3 rings (SSSR count). The minimum absolute atomic E-state index is 0.662. The Morgan fingerprint density at radius 3 is 2.67 bits per heavy atom. The van der Waals surface area contributed by atoms with Crippen LogP contribution in [0.25, 0.3) is 11.4 Å². The van der Waals surface area contributed by atoms with Crippen molar-refractivity contribution in [3.8, 4) is 11.4 Å². The van der Waals surface area contributed by atoms with E-state index in [4.69, 9.17) is 4.52 Å². The van der Waals surface area contributed by atoms with Gasteiger partial charge in [-0.15, -0.1) is 0 Å². The van der Waals surface area contributed by atoms with Crippen molar-refractivity contribution in [1.82, 2.24) is 10.1 Å². The average Bonchev–Trinajstić information content (AvgIpc) is 3.10. The molecular formula is C16H17N3OS. The van der Waals surface area contributed by atoms with Crippen molar-refractivity contribution in [2.45, 2.75) is 20.3 Å². The van der Waals surface area contributed by atoms with Crippen molar-refractivity contribution in [2.75, 3.05) is 11.9 Å². The van der Waals surface area contributed by atoms with Gasteiger partial charge in [0.15, 0.2) is 0 Å². The van der Waals surface area contributed by atoms with Crippen molar-refractivity contribution >= 4 is 17.0 Å². The molecule has 0 radical (unpaired) electrons. The van der Waals surface area contributed by atoms with Crippen LogP contribution < -0.4 is 5.32 Å². The molecule has 0 saturated heterocycles. The highest BCUT2D eigenvalue weighted by Crippen LogP contribution is 2.24. The fourth-order valence-corrected chi connectivity index (χ4v) is 2.87. The van der Waals surface area contributed by atoms with Crippen LogP contribution >= 0.6 is 11.3 Å². The molecule has 3 aromatic rings. The summed E-state index contributed by atoms with van der Waals surface area (Å²) in [5, 5.41) is 11.5. The van der Waals surface area contributed by atoms with E-state index in [0.29, 0.717) is 18.1 Å². The molecule has 0 unspecified atom stereocenters. The molecule has 0 bridgehead atoms. The van der Waals surface area contributed by atoms with E-state index in [1.165, 1.54) is 11.1 Å². The third-order valence-electron chi connectivity index (χ3n) is 3.28. The van der Waals surface area contributed by atoms with Crippen molar-refractivity contribution in [3.63, 3.8) is 0 Å². The van der Waals surface area contributed by atoms with Crippen molar-refractivity contribution < 1.29 is 4.52 Å². The van der Waals surface area contributed by atoms with E-state index in [0.717, 1.165) is 17.8 Å². The Balaban J connectivity index is 1.58. The molecule has 1 N–H and O–H groups in total. The van der Waals surface area contributed by atoms with Crippen molar-refractivity contribution in [3.05, 3.63) is 52.0 Å². The number of anilines is 1. The third-order valence-corrected chi connectivity index (χ3v) is 4.15. The van der Waals surface area contributed by atoms with Gasteiger partial charge in [0.1, 0.15) is 0 Å². The van der Waals surface area contributed by atoms with E-state index >= 15 is 0 Å². The monoisotopic (exact) mass is 299 g/mol. The summed E-state index contributed by atoms with van der Waals surface area (Å²) in [6.07, 6.45) is 0.712. The fraction of sp³-hybridized carbons (Fsp3) is 0.250. The van der Waals surface area contributed by atoms with Crippen molar-refractivity contribution in [2.24, 2.45) is 0 Å². The summed E-state index contributed by atoms with van der Waals surface area (Å²) in [5.74, 6) is 1.34. The summed E-state index contributed by atoms with van der Waals surface area (Å²) in [6, 6.07) is 8.32. The Morgan fingerprint density at radius 2 is 1.95 bits per heavy atom. The third kappa shape index (κ3) is 3.31. The molecule has 2 heterocycles. The lowest BCUT2D eigenvalue weighted by Crippen LogP contribution is -2.04. The number of benzene rings is 1. The van der Waals surface area contributed by atoms with Gasteiger partial charge in [0.2, 0.25) is 11.7 Å². The van der Waals surface area contributed by atoms with Gasteiger partial charge in [0.25, 0.3) is 0 Å². The van der Waals surface area contributed by atoms with Gasteiger partial charge in [0.05, 0.1) is 0 Å². The molecule has 0 spiro atoms. The lowest BCUT2D eigenvalue weighted by atomic mass is 10.2. The molecule has 0 saturated carbocycles. The van der Waals surface area contributed by atoms with Gasteiger partial charge in [-0.05, 0) is 36.9 Å². The number of hydrogen-bond acceptors (Lipinski definition) is 5. The highest BCUT2D eigenvalue weighted by atomic mass is 32.1. The van der Waals surface area contributed by atoms with Gasteiger partial charge in [-0.3, -0.25) is 0 Å². The Morgan fingerprint density at radius 1 is 1.14 bits per heavy atom. The normalized spacial score (nSPS) is 10.8. The maximum atomic E-state index is 5.30. The summed E-state index contributed by atoms with van der Waals surface area (Å²) in [5.41, 5.74) is 4.61. The van der Waals surface area contributed by atoms with Gasteiger partial charge in [-0.1, -0.05) is 22.9 Å². The molecule has 1 aromatic carbocycles. The first-order valence-corrected chi connectivity index (χ1v) is 7.83. The van der Waals surface area contributed by atoms with E-state index < -0.39 is 0 Å². The second kappa shape index (κ2) is 6.10. The van der Waals surface area contributed by atoms with Crippen LogP contribution in [-0.2, 0) is 6.42 Å². The standard InChI is InChI=1S/C16H17N3OS/c1-11-3-5-13(6-4-11)17-8-7-15-18-16(19-20-15)14-10-21-9-12(14)2/h3-6,9-10,17H,7-8H2,1-2H3. The van der Waals surface area contributed by atoms with Gasteiger partial charge < -0.3 is 9.84 Å². The highest BCUT2D eigenvalue weighted by molar-refractivity contribution is 7.08. The molecule has 0 aliphatic rings. The topological polar surface area (TPSA) is 51.0 Å². The zero-order chi connectivity index (χ0) is 14.7. The quantitative estimate of drug-likeness (QED) is 0.771. The zero-order valence-electron chi connectivity index (χ0n) is 12.1. The first kappa shape index (κ1) is 13.8. The summed E-state index contributed by atoms with van der Waals surface area (Å²) in [7, 11) is 0. The largest absolute Gasteiger partial charge is 0.385 e. The first-order chi connectivity index (χ1) is 10.2. The van der Waals surface area contributed by atoms with Crippen LogP contribution in [-0.4, -0.2) is 16.7 Å². The predicted octanol–water partition coefficient (Wildman–Crippen LogP) is 4.07. The van der Waals surface area contributed by atoms with Gasteiger partial charge in [0, 0.05) is 29.6 Å². The number of nitrogens with one attached hydrogen (secondary N) is 1. The molecule has 0 aliphatic heterocycles. The van der Waals surface area contributed by atoms with E-state index in [9.17, 15) is 0 Å². The summed E-state index contributed by atoms with van der Waals surface area (Å²) >= 11 is 1.65. The fourth-order valence-electron chi connectivity index (χ4n) is 2.04. The summed E-state index contributed by atoms with van der Waals surface area (Å²) < 4.78 is 5.30. The van der Waals surface area contributed by atoms with E-state index in [2.05, 4.69) is 64.3 Å². The van der Waals surface area contributed by atoms with E-state index in [1.54, 1.807) is 11.3 Å². The lowest BCUT2D eigenvalue weighted by Gasteiger charge is -2.04. The summed E-state index contributed by atoms with van der Waals surface area (Å²) in [4.78, 5) is 4.45. The van der Waals surface area contributed by atoms with Crippen molar-refractivity contribution in [1.29, 1.82) is 0 Å². The summed E-state index contributed by atoms with van der Waals surface area (Å²) in [6.45, 7) is 4.91. The molecule has 4 nitrogen and oxygen atoms in total. The molecule has 0 amide bonds. The average molecular weight is 299 g/mol. The van der Waals surface area contributed by atoms with Crippen LogP contribution in [0.15, 0.2) is 39.5 Å². The highest BCUT2D eigenvalue weighted by Gasteiger charge is 2.11. The minimum Gasteiger partial charge on any atom is -0.385 e. The van der Waals surface area contributed by atoms with E-state index in [-0.39, 0.29) is 0 Å². The van der Waals surface area contributed by atoms with Gasteiger partial charge in [-0.25, -0.2) is 0 Å². The van der Waals surface area contributed by atoms with Crippen LogP contribution in [0.4, 0.5) is 5.69 Å². The smallest absolute Gasteiger partial charge is 0.228 e. The number of nitrogens with zero attached hydrogens (tertiary/aromatic N) is 2.